The molecule has 4 heteroatoms. The van der Waals surface area contributed by atoms with Crippen molar-refractivity contribution in [2.24, 2.45) is 5.73 Å². The summed E-state index contributed by atoms with van der Waals surface area (Å²) in [7, 11) is 0. The molecular weight excluding hydrogens is 255 g/mol. The number of hydrogen-bond acceptors (Lipinski definition) is 3. The summed E-state index contributed by atoms with van der Waals surface area (Å²) in [6.45, 7) is 1.13. The molecule has 1 aliphatic heterocycles. The molecule has 0 fully saturated rings. The number of halogens is 1. The van der Waals surface area contributed by atoms with Crippen LogP contribution in [0.3, 0.4) is 0 Å². The van der Waals surface area contributed by atoms with Crippen molar-refractivity contribution in [1.29, 1.82) is 0 Å². The van der Waals surface area contributed by atoms with Crippen LogP contribution in [0.5, 0.6) is 5.75 Å². The molecule has 0 aromatic heterocycles. The fourth-order valence-electron chi connectivity index (χ4n) is 2.47. The summed E-state index contributed by atoms with van der Waals surface area (Å²) >= 11 is 0. The summed E-state index contributed by atoms with van der Waals surface area (Å²) in [5.74, 6) is 0.672. The highest BCUT2D eigenvalue weighted by Crippen LogP contribution is 2.29. The van der Waals surface area contributed by atoms with Crippen LogP contribution in [0.1, 0.15) is 17.2 Å². The molecule has 3 rings (SSSR count). The van der Waals surface area contributed by atoms with Crippen LogP contribution in [0.25, 0.3) is 0 Å². The standard InChI is InChI=1S/C16H17FN2O/c17-13-3-1-2-4-14(13)19-15(10-18)11-5-6-16-12(9-11)7-8-20-16/h1-6,9,15,19H,7-8,10,18H2. The maximum atomic E-state index is 13.7. The third-order valence-corrected chi connectivity index (χ3v) is 3.56. The largest absolute Gasteiger partial charge is 0.493 e. The highest BCUT2D eigenvalue weighted by molar-refractivity contribution is 5.48. The van der Waals surface area contributed by atoms with Crippen molar-refractivity contribution < 1.29 is 9.13 Å². The van der Waals surface area contributed by atoms with Crippen molar-refractivity contribution in [2.45, 2.75) is 12.5 Å². The van der Waals surface area contributed by atoms with Gasteiger partial charge in [-0.25, -0.2) is 4.39 Å². The molecule has 1 unspecified atom stereocenters. The van der Waals surface area contributed by atoms with E-state index in [2.05, 4.69) is 11.4 Å². The minimum absolute atomic E-state index is 0.113. The summed E-state index contributed by atoms with van der Waals surface area (Å²) in [5.41, 5.74) is 8.55. The van der Waals surface area contributed by atoms with Gasteiger partial charge >= 0.3 is 0 Å². The van der Waals surface area contributed by atoms with Gasteiger partial charge in [-0.2, -0.15) is 0 Å². The van der Waals surface area contributed by atoms with E-state index in [4.69, 9.17) is 10.5 Å². The Morgan fingerprint density at radius 3 is 2.90 bits per heavy atom. The second-order valence-corrected chi connectivity index (χ2v) is 4.88. The van der Waals surface area contributed by atoms with E-state index in [9.17, 15) is 4.39 Å². The summed E-state index contributed by atoms with van der Waals surface area (Å²) in [4.78, 5) is 0. The molecule has 0 aliphatic carbocycles. The number of para-hydroxylation sites is 1. The summed E-state index contributed by atoms with van der Waals surface area (Å²) in [5, 5.41) is 3.16. The van der Waals surface area contributed by atoms with Crippen molar-refractivity contribution >= 4 is 5.69 Å². The summed E-state index contributed by atoms with van der Waals surface area (Å²) in [6.07, 6.45) is 0.917. The normalized spacial score (nSPS) is 14.5. The number of benzene rings is 2. The molecule has 0 amide bonds. The topological polar surface area (TPSA) is 47.3 Å². The summed E-state index contributed by atoms with van der Waals surface area (Å²) in [6, 6.07) is 12.5. The van der Waals surface area contributed by atoms with Gasteiger partial charge in [0.05, 0.1) is 18.3 Å². The SMILES string of the molecule is NCC(Nc1ccccc1F)c1ccc2c(c1)CCO2. The van der Waals surface area contributed by atoms with Crippen molar-refractivity contribution in [3.8, 4) is 5.75 Å². The third-order valence-electron chi connectivity index (χ3n) is 3.56. The minimum atomic E-state index is -0.268. The molecule has 0 radical (unpaired) electrons. The molecule has 3 N–H and O–H groups in total. The average molecular weight is 272 g/mol. The molecule has 0 saturated heterocycles. The van der Waals surface area contributed by atoms with Crippen LogP contribution in [0.4, 0.5) is 10.1 Å². The van der Waals surface area contributed by atoms with Gasteiger partial charge in [-0.15, -0.1) is 0 Å². The fourth-order valence-corrected chi connectivity index (χ4v) is 2.47. The smallest absolute Gasteiger partial charge is 0.146 e. The Balaban J connectivity index is 1.85. The molecule has 3 nitrogen and oxygen atoms in total. The molecule has 0 saturated carbocycles. The van der Waals surface area contributed by atoms with Crippen molar-refractivity contribution in [3.63, 3.8) is 0 Å². The van der Waals surface area contributed by atoms with Gasteiger partial charge in [-0.05, 0) is 35.4 Å². The van der Waals surface area contributed by atoms with Gasteiger partial charge in [0.25, 0.3) is 0 Å². The predicted octanol–water partition coefficient (Wildman–Crippen LogP) is 2.87. The van der Waals surface area contributed by atoms with Crippen LogP contribution >= 0.6 is 0 Å². The molecule has 1 aliphatic rings. The highest BCUT2D eigenvalue weighted by atomic mass is 19.1. The highest BCUT2D eigenvalue weighted by Gasteiger charge is 2.16. The molecule has 1 heterocycles. The van der Waals surface area contributed by atoms with Gasteiger partial charge in [0.15, 0.2) is 0 Å². The minimum Gasteiger partial charge on any atom is -0.493 e. The van der Waals surface area contributed by atoms with E-state index in [1.54, 1.807) is 18.2 Å². The fraction of sp³-hybridized carbons (Fsp3) is 0.250. The van der Waals surface area contributed by atoms with Gasteiger partial charge < -0.3 is 15.8 Å². The quantitative estimate of drug-likeness (QED) is 0.899. The molecule has 0 bridgehead atoms. The van der Waals surface area contributed by atoms with E-state index in [0.29, 0.717) is 12.2 Å². The van der Waals surface area contributed by atoms with Gasteiger partial charge in [-0.1, -0.05) is 18.2 Å². The summed E-state index contributed by atoms with van der Waals surface area (Å²) < 4.78 is 19.2. The van der Waals surface area contributed by atoms with Crippen LogP contribution in [-0.4, -0.2) is 13.2 Å². The second kappa shape index (κ2) is 5.51. The van der Waals surface area contributed by atoms with E-state index >= 15 is 0 Å². The first-order chi connectivity index (χ1) is 9.78. The maximum Gasteiger partial charge on any atom is 0.146 e. The number of hydrogen-bond donors (Lipinski definition) is 2. The lowest BCUT2D eigenvalue weighted by Gasteiger charge is -2.19. The zero-order valence-electron chi connectivity index (χ0n) is 11.1. The van der Waals surface area contributed by atoms with E-state index < -0.39 is 0 Å². The average Bonchev–Trinajstić information content (AvgIpc) is 2.94. The van der Waals surface area contributed by atoms with E-state index in [-0.39, 0.29) is 11.9 Å². The van der Waals surface area contributed by atoms with Gasteiger partial charge in [0.2, 0.25) is 0 Å². The zero-order valence-corrected chi connectivity index (χ0v) is 11.1. The Morgan fingerprint density at radius 1 is 1.25 bits per heavy atom. The van der Waals surface area contributed by atoms with Gasteiger partial charge in [0, 0.05) is 13.0 Å². The number of nitrogens with two attached hydrogens (primary N) is 1. The molecule has 1 atom stereocenters. The molecule has 0 spiro atoms. The van der Waals surface area contributed by atoms with Crippen molar-refractivity contribution in [1.82, 2.24) is 0 Å². The molecule has 20 heavy (non-hydrogen) atoms. The number of nitrogens with one attached hydrogen (secondary N) is 1. The molecule has 2 aromatic rings. The first-order valence-corrected chi connectivity index (χ1v) is 6.74. The van der Waals surface area contributed by atoms with Crippen LogP contribution in [0.2, 0.25) is 0 Å². The number of fused-ring (bicyclic) bond motifs is 1. The number of ether oxygens (including phenoxy) is 1. The third kappa shape index (κ3) is 2.47. The lowest BCUT2D eigenvalue weighted by molar-refractivity contribution is 0.357. The molecule has 104 valence electrons. The van der Waals surface area contributed by atoms with Crippen LogP contribution in [-0.2, 0) is 6.42 Å². The van der Waals surface area contributed by atoms with Crippen molar-refractivity contribution in [2.75, 3.05) is 18.5 Å². The van der Waals surface area contributed by atoms with Crippen LogP contribution in [0.15, 0.2) is 42.5 Å². The first-order valence-electron chi connectivity index (χ1n) is 6.74. The zero-order chi connectivity index (χ0) is 13.9. The molecule has 2 aromatic carbocycles. The first kappa shape index (κ1) is 12.9. The van der Waals surface area contributed by atoms with Gasteiger partial charge in [0.1, 0.15) is 11.6 Å². The van der Waals surface area contributed by atoms with Gasteiger partial charge in [-0.3, -0.25) is 0 Å². The second-order valence-electron chi connectivity index (χ2n) is 4.88. The lowest BCUT2D eigenvalue weighted by Crippen LogP contribution is -2.21. The van der Waals surface area contributed by atoms with E-state index in [1.807, 2.05) is 12.1 Å². The Hall–Kier alpha value is -2.07. The predicted molar refractivity (Wildman–Crippen MR) is 77.5 cm³/mol. The molecular formula is C16H17FN2O. The van der Waals surface area contributed by atoms with Crippen LogP contribution < -0.4 is 15.8 Å². The van der Waals surface area contributed by atoms with Crippen LogP contribution in [0, 0.1) is 5.82 Å². The number of anilines is 1. The van der Waals surface area contributed by atoms with E-state index in [0.717, 1.165) is 24.3 Å². The number of rotatable bonds is 4. The Kier molecular flexibility index (Phi) is 3.56. The van der Waals surface area contributed by atoms with Crippen molar-refractivity contribution in [3.05, 3.63) is 59.4 Å². The maximum absolute atomic E-state index is 13.7. The Morgan fingerprint density at radius 2 is 2.10 bits per heavy atom. The Labute approximate surface area is 117 Å². The lowest BCUT2D eigenvalue weighted by atomic mass is 10.0. The Bertz CT molecular complexity index is 615. The monoisotopic (exact) mass is 272 g/mol. The van der Waals surface area contributed by atoms with E-state index in [1.165, 1.54) is 11.6 Å².